The van der Waals surface area contributed by atoms with Crippen molar-refractivity contribution in [3.8, 4) is 0 Å². The van der Waals surface area contributed by atoms with Gasteiger partial charge in [0.05, 0.1) is 5.92 Å². The number of nitrogens with one attached hydrogen (secondary N) is 1. The molecule has 0 aliphatic heterocycles. The molecule has 1 aromatic carbocycles. The fourth-order valence-corrected chi connectivity index (χ4v) is 2.75. The summed E-state index contributed by atoms with van der Waals surface area (Å²) in [7, 11) is 0. The SMILES string of the molecule is CC(C(=O)NCC1CCCC1)C(N)c1ccccc1. The van der Waals surface area contributed by atoms with Crippen LogP contribution in [0.25, 0.3) is 0 Å². The highest BCUT2D eigenvalue weighted by atomic mass is 16.1. The van der Waals surface area contributed by atoms with Crippen LogP contribution in [-0.4, -0.2) is 12.5 Å². The topological polar surface area (TPSA) is 55.1 Å². The highest BCUT2D eigenvalue weighted by molar-refractivity contribution is 5.79. The Bertz CT molecular complexity index is 398. The molecule has 1 saturated carbocycles. The molecule has 2 rings (SSSR count). The lowest BCUT2D eigenvalue weighted by atomic mass is 9.94. The quantitative estimate of drug-likeness (QED) is 0.855. The average Bonchev–Trinajstić information content (AvgIpc) is 2.97. The number of hydrogen-bond acceptors (Lipinski definition) is 2. The van der Waals surface area contributed by atoms with Gasteiger partial charge in [-0.3, -0.25) is 4.79 Å². The molecule has 3 nitrogen and oxygen atoms in total. The maximum atomic E-state index is 12.1. The van der Waals surface area contributed by atoms with Gasteiger partial charge in [0.15, 0.2) is 0 Å². The minimum atomic E-state index is -0.232. The second-order valence-electron chi connectivity index (χ2n) is 5.62. The van der Waals surface area contributed by atoms with E-state index in [9.17, 15) is 4.79 Å². The van der Waals surface area contributed by atoms with E-state index in [1.54, 1.807) is 0 Å². The summed E-state index contributed by atoms with van der Waals surface area (Å²) < 4.78 is 0. The number of carbonyl (C=O) groups is 1. The molecule has 1 aromatic rings. The molecule has 0 heterocycles. The van der Waals surface area contributed by atoms with E-state index in [4.69, 9.17) is 5.73 Å². The average molecular weight is 260 g/mol. The van der Waals surface area contributed by atoms with Gasteiger partial charge in [0.25, 0.3) is 0 Å². The zero-order valence-corrected chi connectivity index (χ0v) is 11.6. The zero-order chi connectivity index (χ0) is 13.7. The number of hydrogen-bond donors (Lipinski definition) is 2. The first-order valence-electron chi connectivity index (χ1n) is 7.26. The maximum absolute atomic E-state index is 12.1. The molecular weight excluding hydrogens is 236 g/mol. The lowest BCUT2D eigenvalue weighted by Crippen LogP contribution is -2.37. The fourth-order valence-electron chi connectivity index (χ4n) is 2.75. The molecule has 104 valence electrons. The molecule has 1 aliphatic rings. The second kappa shape index (κ2) is 6.71. The first-order valence-corrected chi connectivity index (χ1v) is 7.26. The van der Waals surface area contributed by atoms with Crippen LogP contribution in [-0.2, 0) is 4.79 Å². The highest BCUT2D eigenvalue weighted by Crippen LogP contribution is 2.24. The summed E-state index contributed by atoms with van der Waals surface area (Å²) in [6, 6.07) is 9.60. The Balaban J connectivity index is 1.84. The van der Waals surface area contributed by atoms with Gasteiger partial charge in [0.1, 0.15) is 0 Å². The summed E-state index contributed by atoms with van der Waals surface area (Å²) in [5.41, 5.74) is 7.18. The van der Waals surface area contributed by atoms with Crippen molar-refractivity contribution in [2.75, 3.05) is 6.54 Å². The van der Waals surface area contributed by atoms with Crippen molar-refractivity contribution in [1.82, 2.24) is 5.32 Å². The Hall–Kier alpha value is -1.35. The third-order valence-electron chi connectivity index (χ3n) is 4.18. The third-order valence-corrected chi connectivity index (χ3v) is 4.18. The predicted molar refractivity (Wildman–Crippen MR) is 77.5 cm³/mol. The Morgan fingerprint density at radius 1 is 1.32 bits per heavy atom. The number of nitrogens with two attached hydrogens (primary N) is 1. The molecule has 0 aromatic heterocycles. The van der Waals surface area contributed by atoms with Crippen LogP contribution >= 0.6 is 0 Å². The molecule has 19 heavy (non-hydrogen) atoms. The summed E-state index contributed by atoms with van der Waals surface area (Å²) in [6.45, 7) is 2.71. The second-order valence-corrected chi connectivity index (χ2v) is 5.62. The van der Waals surface area contributed by atoms with Crippen molar-refractivity contribution in [2.24, 2.45) is 17.6 Å². The first kappa shape index (κ1) is 14.1. The van der Waals surface area contributed by atoms with Crippen LogP contribution in [0.4, 0.5) is 0 Å². The van der Waals surface area contributed by atoms with E-state index in [2.05, 4.69) is 5.32 Å². The van der Waals surface area contributed by atoms with Gasteiger partial charge >= 0.3 is 0 Å². The Morgan fingerprint density at radius 3 is 2.58 bits per heavy atom. The largest absolute Gasteiger partial charge is 0.356 e. The summed E-state index contributed by atoms with van der Waals surface area (Å²) >= 11 is 0. The van der Waals surface area contributed by atoms with Crippen LogP contribution < -0.4 is 11.1 Å². The third kappa shape index (κ3) is 3.80. The molecule has 2 atom stereocenters. The maximum Gasteiger partial charge on any atom is 0.224 e. The van der Waals surface area contributed by atoms with Crippen LogP contribution in [0.5, 0.6) is 0 Å². The van der Waals surface area contributed by atoms with Gasteiger partial charge in [0.2, 0.25) is 5.91 Å². The fraction of sp³-hybridized carbons (Fsp3) is 0.562. The molecule has 1 aliphatic carbocycles. The summed E-state index contributed by atoms with van der Waals surface area (Å²) in [6.07, 6.45) is 5.11. The number of carbonyl (C=O) groups excluding carboxylic acids is 1. The van der Waals surface area contributed by atoms with Crippen LogP contribution in [0.2, 0.25) is 0 Å². The van der Waals surface area contributed by atoms with Crippen molar-refractivity contribution in [3.05, 3.63) is 35.9 Å². The lowest BCUT2D eigenvalue weighted by molar-refractivity contribution is -0.125. The van der Waals surface area contributed by atoms with Crippen molar-refractivity contribution in [1.29, 1.82) is 0 Å². The molecule has 0 saturated heterocycles. The van der Waals surface area contributed by atoms with E-state index in [1.165, 1.54) is 25.7 Å². The van der Waals surface area contributed by atoms with Gasteiger partial charge in [0, 0.05) is 12.6 Å². The number of amides is 1. The van der Waals surface area contributed by atoms with Gasteiger partial charge in [-0.15, -0.1) is 0 Å². The molecular formula is C16H24N2O. The van der Waals surface area contributed by atoms with E-state index >= 15 is 0 Å². The smallest absolute Gasteiger partial charge is 0.224 e. The summed E-state index contributed by atoms with van der Waals surface area (Å²) in [4.78, 5) is 12.1. The minimum Gasteiger partial charge on any atom is -0.356 e. The normalized spacial score (nSPS) is 19.1. The van der Waals surface area contributed by atoms with E-state index in [0.717, 1.165) is 12.1 Å². The molecule has 0 bridgehead atoms. The van der Waals surface area contributed by atoms with Crippen molar-refractivity contribution in [2.45, 2.75) is 38.6 Å². The van der Waals surface area contributed by atoms with Crippen molar-refractivity contribution >= 4 is 5.91 Å². The molecule has 0 spiro atoms. The van der Waals surface area contributed by atoms with Crippen LogP contribution in [0.3, 0.4) is 0 Å². The van der Waals surface area contributed by atoms with Gasteiger partial charge in [-0.05, 0) is 24.3 Å². The molecule has 3 heteroatoms. The number of benzene rings is 1. The van der Waals surface area contributed by atoms with Crippen molar-refractivity contribution in [3.63, 3.8) is 0 Å². The van der Waals surface area contributed by atoms with E-state index < -0.39 is 0 Å². The van der Waals surface area contributed by atoms with Gasteiger partial charge in [-0.1, -0.05) is 50.1 Å². The zero-order valence-electron chi connectivity index (χ0n) is 11.6. The first-order chi connectivity index (χ1) is 9.18. The molecule has 2 unspecified atom stereocenters. The standard InChI is InChI=1S/C16H24N2O/c1-12(15(17)14-9-3-2-4-10-14)16(19)18-11-13-7-5-6-8-13/h2-4,9-10,12-13,15H,5-8,11,17H2,1H3,(H,18,19). The molecule has 3 N–H and O–H groups in total. The predicted octanol–water partition coefficient (Wildman–Crippen LogP) is 2.63. The minimum absolute atomic E-state index is 0.0725. The van der Waals surface area contributed by atoms with Gasteiger partial charge < -0.3 is 11.1 Å². The van der Waals surface area contributed by atoms with Gasteiger partial charge in [-0.25, -0.2) is 0 Å². The van der Waals surface area contributed by atoms with Crippen molar-refractivity contribution < 1.29 is 4.79 Å². The highest BCUT2D eigenvalue weighted by Gasteiger charge is 2.23. The van der Waals surface area contributed by atoms with Crippen LogP contribution in [0.15, 0.2) is 30.3 Å². The Morgan fingerprint density at radius 2 is 1.95 bits per heavy atom. The number of rotatable bonds is 5. The van der Waals surface area contributed by atoms with Gasteiger partial charge in [-0.2, -0.15) is 0 Å². The summed E-state index contributed by atoms with van der Waals surface area (Å²) in [5.74, 6) is 0.552. The Labute approximate surface area is 115 Å². The molecule has 1 amide bonds. The molecule has 0 radical (unpaired) electrons. The molecule has 1 fully saturated rings. The monoisotopic (exact) mass is 260 g/mol. The Kier molecular flexibility index (Phi) is 4.97. The van der Waals surface area contributed by atoms with E-state index in [-0.39, 0.29) is 17.9 Å². The van der Waals surface area contributed by atoms with Crippen LogP contribution in [0, 0.1) is 11.8 Å². The summed E-state index contributed by atoms with van der Waals surface area (Å²) in [5, 5.41) is 3.06. The lowest BCUT2D eigenvalue weighted by Gasteiger charge is -2.21. The van der Waals surface area contributed by atoms with E-state index in [1.807, 2.05) is 37.3 Å². The van der Waals surface area contributed by atoms with Crippen LogP contribution in [0.1, 0.15) is 44.2 Å². The van der Waals surface area contributed by atoms with E-state index in [0.29, 0.717) is 5.92 Å².